The molecule has 42 valence electrons. The van der Waals surface area contributed by atoms with Crippen molar-refractivity contribution in [2.45, 2.75) is 6.02 Å². The molecule has 0 rings (SSSR count). The number of nitrogens with two attached hydrogens (primary N) is 1. The van der Waals surface area contributed by atoms with Gasteiger partial charge in [0.15, 0.2) is 0 Å². The first-order valence-corrected chi connectivity index (χ1v) is 1.41. The Bertz CT molecular complexity index is 154. The first-order chi connectivity index (χ1) is 4.19. The Morgan fingerprint density at radius 3 is 2.86 bits per heavy atom. The molecule has 4 heteroatoms. The minimum atomic E-state index is -3.74. The maximum absolute atomic E-state index is 12.1. The summed E-state index contributed by atoms with van der Waals surface area (Å²) in [4.78, 5) is 9.88. The fourth-order valence-corrected chi connectivity index (χ4v) is 0.0404. The molecule has 0 fully saturated rings. The van der Waals surface area contributed by atoms with Crippen LogP contribution in [0.3, 0.4) is 0 Å². The monoisotopic (exact) mass is 110 g/mol. The molecule has 0 aromatic carbocycles. The molecule has 1 atom stereocenters. The molecular formula is C3H6FNO2. The van der Waals surface area contributed by atoms with Crippen molar-refractivity contribution < 1.29 is 18.4 Å². The third kappa shape index (κ3) is 2.11. The number of carbonyl (C=O) groups is 1. The minimum absolute atomic E-state index is 2.04. The van der Waals surface area contributed by atoms with Crippen LogP contribution < -0.4 is 5.73 Å². The fraction of sp³-hybridized carbons (Fsp3) is 0.667. The molecule has 0 aliphatic heterocycles. The van der Waals surface area contributed by atoms with Gasteiger partial charge in [0.25, 0.3) is 0 Å². The lowest BCUT2D eigenvalue weighted by Gasteiger charge is -1.94. The number of carboxylic acids is 1. The molecular weight excluding hydrogens is 101 g/mol. The number of carboxylic acid groups (broad SMARTS) is 1. The third-order valence-corrected chi connectivity index (χ3v) is 0.332. The average molecular weight is 110 g/mol. The summed E-state index contributed by atoms with van der Waals surface area (Å²) in [6.45, 7) is -3.74. The number of alkyl halides is 1. The highest BCUT2D eigenvalue weighted by Crippen LogP contribution is 1.76. The molecule has 0 saturated heterocycles. The largest absolute Gasteiger partial charge is 0.480 e. The predicted octanol–water partition coefficient (Wildman–Crippen LogP) is -0.632. The van der Waals surface area contributed by atoms with Crippen molar-refractivity contribution in [3.8, 4) is 0 Å². The maximum atomic E-state index is 12.1. The van der Waals surface area contributed by atoms with E-state index in [1.165, 1.54) is 0 Å². The van der Waals surface area contributed by atoms with Crippen LogP contribution in [0.5, 0.6) is 0 Å². The van der Waals surface area contributed by atoms with Gasteiger partial charge in [0.1, 0.15) is 12.6 Å². The first kappa shape index (κ1) is 2.61. The number of rotatable bonds is 2. The van der Waals surface area contributed by atoms with Crippen LogP contribution >= 0.6 is 0 Å². The van der Waals surface area contributed by atoms with Crippen LogP contribution in [0.25, 0.3) is 0 Å². The van der Waals surface area contributed by atoms with Crippen molar-refractivity contribution in [2.24, 2.45) is 5.73 Å². The van der Waals surface area contributed by atoms with Crippen molar-refractivity contribution >= 4 is 5.97 Å². The van der Waals surface area contributed by atoms with Gasteiger partial charge < -0.3 is 10.8 Å². The standard InChI is InChI=1S/C3H6FNO2/c4-1-2(5)3(6)7/h2H,1,5H2,(H,6,7)/t2-/m1/s1/i1D2,2D. The molecule has 0 aromatic rings. The van der Waals surface area contributed by atoms with Gasteiger partial charge in [-0.3, -0.25) is 4.79 Å². The second kappa shape index (κ2) is 2.52. The molecule has 0 bridgehead atoms. The van der Waals surface area contributed by atoms with E-state index in [4.69, 9.17) is 9.22 Å². The van der Waals surface area contributed by atoms with E-state index < -0.39 is 18.6 Å². The van der Waals surface area contributed by atoms with Crippen molar-refractivity contribution in [2.75, 3.05) is 6.63 Å². The van der Waals surface area contributed by atoms with Gasteiger partial charge in [0.2, 0.25) is 0 Å². The molecule has 0 saturated carbocycles. The van der Waals surface area contributed by atoms with Gasteiger partial charge in [-0.1, -0.05) is 0 Å². The lowest BCUT2D eigenvalue weighted by atomic mass is 10.4. The summed E-state index contributed by atoms with van der Waals surface area (Å²) in [5, 5.41) is 7.98. The van der Waals surface area contributed by atoms with E-state index in [9.17, 15) is 9.18 Å². The zero-order valence-electron chi connectivity index (χ0n) is 6.31. The fourth-order valence-electron chi connectivity index (χ4n) is 0.0404. The SMILES string of the molecule is [2H]C([2H])(F)[C@@]([2H])(N)C(=O)O. The van der Waals surface area contributed by atoms with Crippen LogP contribution in [-0.2, 0) is 4.79 Å². The summed E-state index contributed by atoms with van der Waals surface area (Å²) in [7, 11) is 0. The van der Waals surface area contributed by atoms with E-state index >= 15 is 0 Å². The van der Waals surface area contributed by atoms with Crippen LogP contribution in [0.4, 0.5) is 4.39 Å². The van der Waals surface area contributed by atoms with E-state index in [0.29, 0.717) is 0 Å². The van der Waals surface area contributed by atoms with E-state index in [1.54, 1.807) is 0 Å². The van der Waals surface area contributed by atoms with Crippen LogP contribution in [0.2, 0.25) is 0 Å². The normalized spacial score (nSPS) is 26.3. The third-order valence-electron chi connectivity index (χ3n) is 0.332. The number of hydrogen-bond acceptors (Lipinski definition) is 2. The van der Waals surface area contributed by atoms with Gasteiger partial charge >= 0.3 is 5.97 Å². The molecule has 0 amide bonds. The lowest BCUT2D eigenvalue weighted by molar-refractivity contribution is -0.138. The van der Waals surface area contributed by atoms with Crippen molar-refractivity contribution in [1.29, 1.82) is 0 Å². The van der Waals surface area contributed by atoms with Crippen molar-refractivity contribution in [3.63, 3.8) is 0 Å². The first-order valence-electron chi connectivity index (χ1n) is 2.91. The Labute approximate surface area is 44.1 Å². The Hall–Kier alpha value is -0.640. The minimum Gasteiger partial charge on any atom is -0.480 e. The lowest BCUT2D eigenvalue weighted by Crippen LogP contribution is -2.31. The Morgan fingerprint density at radius 1 is 2.43 bits per heavy atom. The highest BCUT2D eigenvalue weighted by atomic mass is 19.1. The summed E-state index contributed by atoms with van der Waals surface area (Å²) in [6, 6.07) is -3.23. The molecule has 0 unspecified atom stereocenters. The summed E-state index contributed by atoms with van der Waals surface area (Å²) in [5.74, 6) is -2.04. The van der Waals surface area contributed by atoms with E-state index in [-0.39, 0.29) is 0 Å². The Balaban J connectivity index is 4.57. The van der Waals surface area contributed by atoms with Crippen LogP contribution in [0, 0.1) is 0 Å². The Kier molecular flexibility index (Phi) is 0.941. The summed E-state index contributed by atoms with van der Waals surface area (Å²) < 4.78 is 30.9. The summed E-state index contributed by atoms with van der Waals surface area (Å²) >= 11 is 0. The summed E-state index contributed by atoms with van der Waals surface area (Å²) in [5.41, 5.74) is 4.45. The van der Waals surface area contributed by atoms with Gasteiger partial charge in [-0.15, -0.1) is 0 Å². The van der Waals surface area contributed by atoms with Crippen molar-refractivity contribution in [1.82, 2.24) is 0 Å². The number of halogens is 1. The van der Waals surface area contributed by atoms with Crippen LogP contribution in [0.1, 0.15) is 4.11 Å². The molecule has 7 heavy (non-hydrogen) atoms. The topological polar surface area (TPSA) is 63.3 Å². The molecule has 0 aromatic heterocycles. The molecule has 0 aliphatic carbocycles. The molecule has 0 radical (unpaired) electrons. The highest BCUT2D eigenvalue weighted by molar-refractivity contribution is 5.73. The second-order valence-electron chi connectivity index (χ2n) is 0.813. The van der Waals surface area contributed by atoms with Gasteiger partial charge in [-0.05, 0) is 0 Å². The van der Waals surface area contributed by atoms with Gasteiger partial charge in [-0.2, -0.15) is 0 Å². The smallest absolute Gasteiger partial charge is 0.323 e. The predicted molar refractivity (Wildman–Crippen MR) is 21.6 cm³/mol. The molecule has 0 spiro atoms. The van der Waals surface area contributed by atoms with E-state index in [2.05, 4.69) is 5.73 Å². The van der Waals surface area contributed by atoms with Gasteiger partial charge in [0.05, 0.1) is 4.11 Å². The maximum Gasteiger partial charge on any atom is 0.323 e. The van der Waals surface area contributed by atoms with E-state index in [1.807, 2.05) is 0 Å². The summed E-state index contributed by atoms with van der Waals surface area (Å²) in [6.07, 6.45) is 0. The Morgan fingerprint density at radius 2 is 2.86 bits per heavy atom. The van der Waals surface area contributed by atoms with Crippen molar-refractivity contribution in [3.05, 3.63) is 0 Å². The van der Waals surface area contributed by atoms with Gasteiger partial charge in [0, 0.05) is 0 Å². The van der Waals surface area contributed by atoms with Crippen LogP contribution in [0.15, 0.2) is 0 Å². The quantitative estimate of drug-likeness (QED) is 0.497. The molecule has 3 nitrogen and oxygen atoms in total. The molecule has 0 heterocycles. The zero-order valence-corrected chi connectivity index (χ0v) is 3.31. The highest BCUT2D eigenvalue weighted by Gasteiger charge is 2.08. The zero-order chi connectivity index (χ0) is 8.58. The van der Waals surface area contributed by atoms with Crippen LogP contribution in [-0.4, -0.2) is 23.7 Å². The number of hydrogen-bond donors (Lipinski definition) is 2. The number of aliphatic carboxylic acids is 1. The van der Waals surface area contributed by atoms with Gasteiger partial charge in [-0.25, -0.2) is 4.39 Å². The molecule has 0 aliphatic rings. The average Bonchev–Trinajstić information content (AvgIpc) is 1.62. The van der Waals surface area contributed by atoms with E-state index in [0.717, 1.165) is 0 Å². The second-order valence-corrected chi connectivity index (χ2v) is 0.813. The molecule has 3 N–H and O–H groups in total.